The number of hydrogen-bond acceptors (Lipinski definition) is 0. The van der Waals surface area contributed by atoms with Crippen molar-refractivity contribution < 1.29 is 0 Å². The zero-order valence-corrected chi connectivity index (χ0v) is 12.3. The lowest BCUT2D eigenvalue weighted by Gasteiger charge is -2.29. The quantitative estimate of drug-likeness (QED) is 0.701. The molecule has 1 aromatic carbocycles. The summed E-state index contributed by atoms with van der Waals surface area (Å²) >= 11 is 0. The van der Waals surface area contributed by atoms with Crippen LogP contribution in [0.1, 0.15) is 20.8 Å². The van der Waals surface area contributed by atoms with E-state index in [1.807, 2.05) is 0 Å². The maximum atomic E-state index is 2.50. The Morgan fingerprint density at radius 2 is 1.76 bits per heavy atom. The van der Waals surface area contributed by atoms with Crippen molar-refractivity contribution in [2.24, 2.45) is 5.92 Å². The molecule has 0 aliphatic heterocycles. The van der Waals surface area contributed by atoms with Crippen molar-refractivity contribution in [2.75, 3.05) is 0 Å². The molecule has 0 amide bonds. The molecule has 0 nitrogen and oxygen atoms in total. The van der Waals surface area contributed by atoms with Crippen molar-refractivity contribution in [2.45, 2.75) is 33.4 Å². The summed E-state index contributed by atoms with van der Waals surface area (Å²) in [4.78, 5) is 0. The van der Waals surface area contributed by atoms with Crippen molar-refractivity contribution in [1.82, 2.24) is 0 Å². The predicted octanol–water partition coefficient (Wildman–Crippen LogP) is 4.05. The highest BCUT2D eigenvalue weighted by atomic mass is 28.3. The molecule has 0 N–H and O–H groups in total. The van der Waals surface area contributed by atoms with Crippen LogP contribution in [0.25, 0.3) is 0 Å². The van der Waals surface area contributed by atoms with Crippen LogP contribution in [0, 0.1) is 5.92 Å². The SMILES string of the molecule is CC[Si](C)(C1=CC(C)C=C1C)c1ccccc1. The molecule has 0 bridgehead atoms. The summed E-state index contributed by atoms with van der Waals surface area (Å²) < 4.78 is 0. The largest absolute Gasteiger partial charge is 0.114 e. The molecule has 0 aromatic heterocycles. The average molecular weight is 242 g/mol. The van der Waals surface area contributed by atoms with Crippen LogP contribution in [0.15, 0.2) is 53.3 Å². The molecular weight excluding hydrogens is 220 g/mol. The summed E-state index contributed by atoms with van der Waals surface area (Å²) in [5, 5.41) is 3.22. The minimum absolute atomic E-state index is 0.618. The summed E-state index contributed by atoms with van der Waals surface area (Å²) in [5.41, 5.74) is 1.51. The topological polar surface area (TPSA) is 0 Å². The van der Waals surface area contributed by atoms with E-state index in [1.165, 1.54) is 11.6 Å². The highest BCUT2D eigenvalue weighted by molar-refractivity contribution is 6.97. The number of allylic oxidation sites excluding steroid dienone is 4. The van der Waals surface area contributed by atoms with Crippen molar-refractivity contribution in [1.29, 1.82) is 0 Å². The van der Waals surface area contributed by atoms with Gasteiger partial charge in [0.2, 0.25) is 0 Å². The Kier molecular flexibility index (Phi) is 3.39. The maximum absolute atomic E-state index is 2.50. The number of benzene rings is 1. The highest BCUT2D eigenvalue weighted by Gasteiger charge is 2.34. The van der Waals surface area contributed by atoms with Crippen LogP contribution < -0.4 is 5.19 Å². The van der Waals surface area contributed by atoms with E-state index in [2.05, 4.69) is 69.8 Å². The zero-order chi connectivity index (χ0) is 12.5. The second kappa shape index (κ2) is 4.65. The van der Waals surface area contributed by atoms with Gasteiger partial charge < -0.3 is 0 Å². The van der Waals surface area contributed by atoms with Gasteiger partial charge in [-0.25, -0.2) is 0 Å². The van der Waals surface area contributed by atoms with E-state index in [-0.39, 0.29) is 0 Å². The van der Waals surface area contributed by atoms with Gasteiger partial charge in [-0.05, 0) is 12.8 Å². The second-order valence-corrected chi connectivity index (χ2v) is 9.83. The van der Waals surface area contributed by atoms with Gasteiger partial charge in [-0.2, -0.15) is 0 Å². The zero-order valence-electron chi connectivity index (χ0n) is 11.3. The molecule has 1 aliphatic carbocycles. The van der Waals surface area contributed by atoms with Gasteiger partial charge in [0.15, 0.2) is 0 Å². The van der Waals surface area contributed by atoms with Crippen molar-refractivity contribution >= 4 is 13.3 Å². The summed E-state index contributed by atoms with van der Waals surface area (Å²) in [6.07, 6.45) is 4.89. The van der Waals surface area contributed by atoms with Crippen LogP contribution in [0.3, 0.4) is 0 Å². The van der Waals surface area contributed by atoms with E-state index < -0.39 is 8.07 Å². The molecule has 0 radical (unpaired) electrons. The van der Waals surface area contributed by atoms with Crippen molar-refractivity contribution in [3.8, 4) is 0 Å². The molecule has 90 valence electrons. The normalized spacial score (nSPS) is 22.9. The van der Waals surface area contributed by atoms with Gasteiger partial charge in [-0.1, -0.05) is 84.9 Å². The Hall–Kier alpha value is -1.08. The molecular formula is C16H22Si. The first-order chi connectivity index (χ1) is 8.08. The van der Waals surface area contributed by atoms with E-state index in [0.717, 1.165) is 0 Å². The molecule has 0 fully saturated rings. The average Bonchev–Trinajstić information content (AvgIpc) is 2.69. The van der Waals surface area contributed by atoms with Crippen molar-refractivity contribution in [3.05, 3.63) is 53.3 Å². The second-order valence-electron chi connectivity index (χ2n) is 5.34. The van der Waals surface area contributed by atoms with Crippen LogP contribution in [-0.4, -0.2) is 8.07 Å². The fourth-order valence-electron chi connectivity index (χ4n) is 2.90. The van der Waals surface area contributed by atoms with Gasteiger partial charge in [-0.3, -0.25) is 0 Å². The molecule has 0 saturated heterocycles. The third-order valence-corrected chi connectivity index (χ3v) is 8.85. The smallest absolute Gasteiger partial charge is 0.0779 e. The van der Waals surface area contributed by atoms with Crippen LogP contribution in [0.2, 0.25) is 12.6 Å². The van der Waals surface area contributed by atoms with Gasteiger partial charge in [0.25, 0.3) is 0 Å². The fraction of sp³-hybridized carbons (Fsp3) is 0.375. The van der Waals surface area contributed by atoms with Crippen molar-refractivity contribution in [3.63, 3.8) is 0 Å². The fourth-order valence-corrected chi connectivity index (χ4v) is 6.51. The molecule has 0 spiro atoms. The predicted molar refractivity (Wildman–Crippen MR) is 79.2 cm³/mol. The van der Waals surface area contributed by atoms with Gasteiger partial charge in [0, 0.05) is 0 Å². The number of rotatable bonds is 3. The lowest BCUT2D eigenvalue weighted by Crippen LogP contribution is -2.46. The Balaban J connectivity index is 2.47. The van der Waals surface area contributed by atoms with Crippen LogP contribution in [-0.2, 0) is 0 Å². The summed E-state index contributed by atoms with van der Waals surface area (Å²) in [5.74, 6) is 0.618. The lowest BCUT2D eigenvalue weighted by atomic mass is 10.2. The molecule has 17 heavy (non-hydrogen) atoms. The first kappa shape index (κ1) is 12.4. The van der Waals surface area contributed by atoms with Crippen LogP contribution in [0.5, 0.6) is 0 Å². The lowest BCUT2D eigenvalue weighted by molar-refractivity contribution is 0.954. The first-order valence-electron chi connectivity index (χ1n) is 6.54. The third kappa shape index (κ3) is 2.16. The Labute approximate surface area is 106 Å². The molecule has 2 atom stereocenters. The molecule has 0 saturated carbocycles. The number of hydrogen-bond donors (Lipinski definition) is 0. The molecule has 1 aromatic rings. The molecule has 1 aliphatic rings. The third-order valence-electron chi connectivity index (χ3n) is 4.08. The molecule has 2 unspecified atom stereocenters. The van der Waals surface area contributed by atoms with E-state index in [9.17, 15) is 0 Å². The Morgan fingerprint density at radius 1 is 1.12 bits per heavy atom. The molecule has 0 heterocycles. The molecule has 1 heteroatoms. The monoisotopic (exact) mass is 242 g/mol. The van der Waals surface area contributed by atoms with Gasteiger partial charge >= 0.3 is 0 Å². The maximum Gasteiger partial charge on any atom is 0.114 e. The Bertz CT molecular complexity index is 456. The van der Waals surface area contributed by atoms with E-state index in [1.54, 1.807) is 10.4 Å². The van der Waals surface area contributed by atoms with Gasteiger partial charge in [0.1, 0.15) is 8.07 Å². The standard InChI is InChI=1S/C16H22Si/c1-5-17(4,15-9-7-6-8-10-15)16-12-13(2)11-14(16)3/h6-13H,5H2,1-4H3. The van der Waals surface area contributed by atoms with E-state index in [4.69, 9.17) is 0 Å². The van der Waals surface area contributed by atoms with Gasteiger partial charge in [-0.15, -0.1) is 0 Å². The molecule has 2 rings (SSSR count). The van der Waals surface area contributed by atoms with Crippen LogP contribution >= 0.6 is 0 Å². The summed E-state index contributed by atoms with van der Waals surface area (Å²) in [6.45, 7) is 9.41. The minimum Gasteiger partial charge on any atom is -0.0779 e. The first-order valence-corrected chi connectivity index (χ1v) is 9.25. The van der Waals surface area contributed by atoms with Gasteiger partial charge in [0.05, 0.1) is 0 Å². The van der Waals surface area contributed by atoms with Crippen LogP contribution in [0.4, 0.5) is 0 Å². The highest BCUT2D eigenvalue weighted by Crippen LogP contribution is 2.32. The summed E-state index contributed by atoms with van der Waals surface area (Å²) in [6, 6.07) is 12.4. The summed E-state index contributed by atoms with van der Waals surface area (Å²) in [7, 11) is -1.48. The minimum atomic E-state index is -1.48. The Morgan fingerprint density at radius 3 is 2.24 bits per heavy atom. The van der Waals surface area contributed by atoms with E-state index in [0.29, 0.717) is 5.92 Å². The van der Waals surface area contributed by atoms with E-state index >= 15 is 0 Å².